The van der Waals surface area contributed by atoms with Crippen molar-refractivity contribution in [3.63, 3.8) is 0 Å². The summed E-state index contributed by atoms with van der Waals surface area (Å²) >= 11 is 3.26. The molecule has 2 aromatic rings. The molecule has 0 atom stereocenters. The molecule has 0 bridgehead atoms. The summed E-state index contributed by atoms with van der Waals surface area (Å²) in [6.07, 6.45) is 1.51. The van der Waals surface area contributed by atoms with E-state index < -0.39 is 0 Å². The lowest BCUT2D eigenvalue weighted by atomic mass is 9.92. The van der Waals surface area contributed by atoms with Crippen molar-refractivity contribution in [2.45, 2.75) is 26.2 Å². The van der Waals surface area contributed by atoms with Gasteiger partial charge in [0.2, 0.25) is 0 Å². The Kier molecular flexibility index (Phi) is 2.86. The van der Waals surface area contributed by atoms with Gasteiger partial charge in [-0.05, 0) is 15.9 Å². The molecular weight excluding hydrogens is 286 g/mol. The molecule has 0 spiro atoms. The van der Waals surface area contributed by atoms with Crippen LogP contribution in [-0.2, 0) is 5.41 Å². The molecule has 7 heteroatoms. The van der Waals surface area contributed by atoms with Gasteiger partial charge >= 0.3 is 0 Å². The van der Waals surface area contributed by atoms with Crippen LogP contribution < -0.4 is 5.56 Å². The first-order valence-corrected chi connectivity index (χ1v) is 5.85. The van der Waals surface area contributed by atoms with E-state index in [0.717, 1.165) is 0 Å². The second kappa shape index (κ2) is 4.06. The van der Waals surface area contributed by atoms with Gasteiger partial charge in [0, 0.05) is 5.41 Å². The molecule has 90 valence electrons. The number of aromatic amines is 2. The molecule has 17 heavy (non-hydrogen) atoms. The van der Waals surface area contributed by atoms with Crippen LogP contribution in [0.1, 0.15) is 26.5 Å². The number of rotatable bonds is 1. The largest absolute Gasteiger partial charge is 0.304 e. The zero-order chi connectivity index (χ0) is 12.6. The molecule has 0 aliphatic rings. The Morgan fingerprint density at radius 3 is 2.59 bits per heavy atom. The molecule has 6 nitrogen and oxygen atoms in total. The molecule has 0 fully saturated rings. The van der Waals surface area contributed by atoms with Crippen LogP contribution in [0.25, 0.3) is 11.5 Å². The van der Waals surface area contributed by atoms with Crippen LogP contribution in [0.3, 0.4) is 0 Å². The SMILES string of the molecule is CC(C)(C)c1nc(-c2cn[nH]n2)[nH]c(=O)c1Br. The number of nitrogens with zero attached hydrogens (tertiary/aromatic N) is 3. The highest BCUT2D eigenvalue weighted by Gasteiger charge is 2.22. The fourth-order valence-corrected chi connectivity index (χ4v) is 2.18. The minimum absolute atomic E-state index is 0.220. The maximum atomic E-state index is 11.8. The van der Waals surface area contributed by atoms with Crippen LogP contribution in [0.15, 0.2) is 15.5 Å². The second-order valence-electron chi connectivity index (χ2n) is 4.68. The van der Waals surface area contributed by atoms with Crippen molar-refractivity contribution in [2.75, 3.05) is 0 Å². The molecule has 2 rings (SSSR count). The van der Waals surface area contributed by atoms with Gasteiger partial charge in [-0.3, -0.25) is 4.79 Å². The minimum Gasteiger partial charge on any atom is -0.304 e. The van der Waals surface area contributed by atoms with Crippen molar-refractivity contribution in [2.24, 2.45) is 0 Å². The number of H-pyrrole nitrogens is 2. The molecule has 0 amide bonds. The average molecular weight is 298 g/mol. The van der Waals surface area contributed by atoms with Gasteiger partial charge in [-0.25, -0.2) is 4.98 Å². The van der Waals surface area contributed by atoms with Gasteiger partial charge in [0.15, 0.2) is 5.82 Å². The van der Waals surface area contributed by atoms with E-state index >= 15 is 0 Å². The smallest absolute Gasteiger partial charge is 0.265 e. The highest BCUT2D eigenvalue weighted by molar-refractivity contribution is 9.10. The van der Waals surface area contributed by atoms with Crippen LogP contribution in [0, 0.1) is 0 Å². The van der Waals surface area contributed by atoms with Crippen LogP contribution in [0.4, 0.5) is 0 Å². The Labute approximate surface area is 106 Å². The molecule has 2 aromatic heterocycles. The molecule has 0 aliphatic carbocycles. The third-order valence-electron chi connectivity index (χ3n) is 2.23. The maximum Gasteiger partial charge on any atom is 0.265 e. The van der Waals surface area contributed by atoms with E-state index in [1.165, 1.54) is 6.20 Å². The maximum absolute atomic E-state index is 11.8. The summed E-state index contributed by atoms with van der Waals surface area (Å²) < 4.78 is 0.456. The van der Waals surface area contributed by atoms with E-state index in [-0.39, 0.29) is 11.0 Å². The molecule has 0 unspecified atom stereocenters. The van der Waals surface area contributed by atoms with E-state index in [2.05, 4.69) is 41.3 Å². The number of hydrogen-bond acceptors (Lipinski definition) is 4. The number of halogens is 1. The first-order valence-electron chi connectivity index (χ1n) is 5.06. The number of hydrogen-bond donors (Lipinski definition) is 2. The molecule has 0 radical (unpaired) electrons. The second-order valence-corrected chi connectivity index (χ2v) is 5.48. The van der Waals surface area contributed by atoms with Crippen molar-refractivity contribution in [3.8, 4) is 11.5 Å². The summed E-state index contributed by atoms with van der Waals surface area (Å²) in [6.45, 7) is 5.98. The summed E-state index contributed by atoms with van der Waals surface area (Å²) in [4.78, 5) is 18.9. The molecule has 0 aliphatic heterocycles. The third kappa shape index (κ3) is 2.28. The van der Waals surface area contributed by atoms with Gasteiger partial charge < -0.3 is 4.98 Å². The summed E-state index contributed by atoms with van der Waals surface area (Å²) in [5.74, 6) is 0.414. The average Bonchev–Trinajstić information content (AvgIpc) is 2.73. The van der Waals surface area contributed by atoms with E-state index in [0.29, 0.717) is 21.7 Å². The quantitative estimate of drug-likeness (QED) is 0.837. The van der Waals surface area contributed by atoms with E-state index in [1.54, 1.807) is 0 Å². The molecule has 2 N–H and O–H groups in total. The van der Waals surface area contributed by atoms with Gasteiger partial charge in [0.25, 0.3) is 5.56 Å². The fourth-order valence-electron chi connectivity index (χ4n) is 1.39. The van der Waals surface area contributed by atoms with Crippen LogP contribution in [0.5, 0.6) is 0 Å². The predicted octanol–water partition coefficient (Wildman–Crippen LogP) is 1.61. The predicted molar refractivity (Wildman–Crippen MR) is 66.6 cm³/mol. The normalized spacial score (nSPS) is 11.8. The van der Waals surface area contributed by atoms with Gasteiger partial charge in [-0.1, -0.05) is 20.8 Å². The Morgan fingerprint density at radius 1 is 1.35 bits per heavy atom. The van der Waals surface area contributed by atoms with Crippen molar-refractivity contribution in [1.82, 2.24) is 25.4 Å². The Morgan fingerprint density at radius 2 is 2.06 bits per heavy atom. The lowest BCUT2D eigenvalue weighted by Gasteiger charge is -2.19. The summed E-state index contributed by atoms with van der Waals surface area (Å²) in [5.41, 5.74) is 0.758. The Bertz CT molecular complexity index is 582. The lowest BCUT2D eigenvalue weighted by molar-refractivity contribution is 0.562. The molecule has 0 aromatic carbocycles. The van der Waals surface area contributed by atoms with Crippen LogP contribution in [0.2, 0.25) is 0 Å². The first-order chi connectivity index (χ1) is 7.89. The molecule has 0 saturated heterocycles. The van der Waals surface area contributed by atoms with Crippen molar-refractivity contribution < 1.29 is 0 Å². The van der Waals surface area contributed by atoms with Gasteiger partial charge in [0.1, 0.15) is 10.2 Å². The first kappa shape index (κ1) is 12.0. The van der Waals surface area contributed by atoms with Crippen LogP contribution in [-0.4, -0.2) is 25.4 Å². The monoisotopic (exact) mass is 297 g/mol. The highest BCUT2D eigenvalue weighted by Crippen LogP contribution is 2.26. The Hall–Kier alpha value is -1.50. The zero-order valence-corrected chi connectivity index (χ0v) is 11.3. The van der Waals surface area contributed by atoms with Crippen molar-refractivity contribution in [1.29, 1.82) is 0 Å². The van der Waals surface area contributed by atoms with Gasteiger partial charge in [0.05, 0.1) is 11.9 Å². The van der Waals surface area contributed by atoms with Crippen LogP contribution >= 0.6 is 15.9 Å². The molecular formula is C10H12BrN5O. The number of nitrogens with one attached hydrogen (secondary N) is 2. The highest BCUT2D eigenvalue weighted by atomic mass is 79.9. The van der Waals surface area contributed by atoms with Gasteiger partial charge in [-0.15, -0.1) is 0 Å². The number of aromatic nitrogens is 5. The van der Waals surface area contributed by atoms with E-state index in [9.17, 15) is 4.79 Å². The summed E-state index contributed by atoms with van der Waals surface area (Å²) in [6, 6.07) is 0. The lowest BCUT2D eigenvalue weighted by Crippen LogP contribution is -2.22. The molecule has 0 saturated carbocycles. The zero-order valence-electron chi connectivity index (χ0n) is 9.71. The standard InChI is InChI=1S/C10H12BrN5O/c1-10(2,3)7-6(11)9(17)14-8(13-7)5-4-12-16-15-5/h4H,1-3H3,(H,12,15,16)(H,13,14,17). The van der Waals surface area contributed by atoms with Gasteiger partial charge in [-0.2, -0.15) is 15.4 Å². The third-order valence-corrected chi connectivity index (χ3v) is 2.97. The topological polar surface area (TPSA) is 87.3 Å². The summed E-state index contributed by atoms with van der Waals surface area (Å²) in [7, 11) is 0. The van der Waals surface area contributed by atoms with Crippen molar-refractivity contribution in [3.05, 3.63) is 26.7 Å². The minimum atomic E-state index is -0.231. The Balaban J connectivity index is 2.67. The van der Waals surface area contributed by atoms with E-state index in [1.807, 2.05) is 20.8 Å². The molecule has 2 heterocycles. The fraction of sp³-hybridized carbons (Fsp3) is 0.400. The van der Waals surface area contributed by atoms with E-state index in [4.69, 9.17) is 0 Å². The van der Waals surface area contributed by atoms with Crippen molar-refractivity contribution >= 4 is 15.9 Å². The summed E-state index contributed by atoms with van der Waals surface area (Å²) in [5, 5.41) is 10.1.